The Morgan fingerprint density at radius 1 is 1.22 bits per heavy atom. The van der Waals surface area contributed by atoms with Crippen LogP contribution >= 0.6 is 11.3 Å². The number of thiazole rings is 1. The Kier molecular flexibility index (Phi) is 7.98. The Hall–Kier alpha value is -2.78. The Balaban J connectivity index is 1.52. The maximum absolute atomic E-state index is 12.6. The van der Waals surface area contributed by atoms with Crippen LogP contribution in [0.25, 0.3) is 0 Å². The number of ether oxygens (including phenoxy) is 1. The fraction of sp³-hybridized carbons (Fsp3) is 0.348. The molecule has 3 rings (SSSR count). The molecule has 0 aliphatic rings. The van der Waals surface area contributed by atoms with Crippen molar-refractivity contribution < 1.29 is 17.9 Å². The first-order chi connectivity index (χ1) is 15.3. The van der Waals surface area contributed by atoms with Gasteiger partial charge in [-0.05, 0) is 49.7 Å². The van der Waals surface area contributed by atoms with Crippen molar-refractivity contribution in [2.45, 2.75) is 37.7 Å². The average molecular weight is 474 g/mol. The van der Waals surface area contributed by atoms with Crippen LogP contribution in [0.5, 0.6) is 5.75 Å². The minimum Gasteiger partial charge on any atom is -0.487 e. The second kappa shape index (κ2) is 10.7. The number of nitrogens with zero attached hydrogens (tertiary/aromatic N) is 3. The molecule has 1 amide bonds. The summed E-state index contributed by atoms with van der Waals surface area (Å²) < 4.78 is 28.8. The lowest BCUT2D eigenvalue weighted by molar-refractivity contribution is 0.0759. The lowest BCUT2D eigenvalue weighted by Gasteiger charge is -2.22. The number of aromatic nitrogens is 2. The van der Waals surface area contributed by atoms with Gasteiger partial charge in [0.15, 0.2) is 9.84 Å². The van der Waals surface area contributed by atoms with Gasteiger partial charge < -0.3 is 9.64 Å². The van der Waals surface area contributed by atoms with Crippen LogP contribution in [0.4, 0.5) is 0 Å². The number of rotatable bonds is 10. The zero-order valence-corrected chi connectivity index (χ0v) is 20.0. The summed E-state index contributed by atoms with van der Waals surface area (Å²) in [4.78, 5) is 23.4. The van der Waals surface area contributed by atoms with E-state index in [0.717, 1.165) is 17.1 Å². The highest BCUT2D eigenvalue weighted by Gasteiger charge is 2.17. The summed E-state index contributed by atoms with van der Waals surface area (Å²) in [5.74, 6) is 0.786. The predicted molar refractivity (Wildman–Crippen MR) is 125 cm³/mol. The molecule has 0 radical (unpaired) electrons. The SMILES string of the molecule is CCN(CCC(C)c1nc(COc2ccc(S(C)(=O)=O)cc2)cs1)C(=O)c1cccnc1. The van der Waals surface area contributed by atoms with E-state index in [-0.39, 0.29) is 16.7 Å². The van der Waals surface area contributed by atoms with Crippen LogP contribution in [0, 0.1) is 0 Å². The largest absolute Gasteiger partial charge is 0.487 e. The lowest BCUT2D eigenvalue weighted by Crippen LogP contribution is -2.32. The second-order valence-corrected chi connectivity index (χ2v) is 10.4. The fourth-order valence-electron chi connectivity index (χ4n) is 3.10. The monoisotopic (exact) mass is 473 g/mol. The fourth-order valence-corrected chi connectivity index (χ4v) is 4.63. The summed E-state index contributed by atoms with van der Waals surface area (Å²) in [6, 6.07) is 9.90. The van der Waals surface area contributed by atoms with Crippen molar-refractivity contribution >= 4 is 27.1 Å². The molecule has 1 atom stereocenters. The molecular formula is C23H27N3O4S2. The van der Waals surface area contributed by atoms with Crippen LogP contribution in [0.2, 0.25) is 0 Å². The van der Waals surface area contributed by atoms with Crippen LogP contribution < -0.4 is 4.74 Å². The molecule has 0 saturated carbocycles. The van der Waals surface area contributed by atoms with Gasteiger partial charge in [-0.3, -0.25) is 9.78 Å². The molecule has 2 aromatic heterocycles. The van der Waals surface area contributed by atoms with Crippen LogP contribution in [0.3, 0.4) is 0 Å². The molecule has 0 spiro atoms. The van der Waals surface area contributed by atoms with E-state index in [1.54, 1.807) is 48.0 Å². The van der Waals surface area contributed by atoms with Gasteiger partial charge >= 0.3 is 0 Å². The summed E-state index contributed by atoms with van der Waals surface area (Å²) in [7, 11) is -3.22. The molecule has 0 fully saturated rings. The number of hydrogen-bond donors (Lipinski definition) is 0. The molecule has 170 valence electrons. The van der Waals surface area contributed by atoms with Gasteiger partial charge in [0.25, 0.3) is 5.91 Å². The smallest absolute Gasteiger partial charge is 0.255 e. The quantitative estimate of drug-likeness (QED) is 0.439. The molecule has 7 nitrogen and oxygen atoms in total. The van der Waals surface area contributed by atoms with Gasteiger partial charge in [0.05, 0.1) is 21.2 Å². The molecule has 0 saturated heterocycles. The first-order valence-corrected chi connectivity index (χ1v) is 13.1. The van der Waals surface area contributed by atoms with Gasteiger partial charge in [-0.2, -0.15) is 0 Å². The van der Waals surface area contributed by atoms with Gasteiger partial charge in [-0.15, -0.1) is 11.3 Å². The van der Waals surface area contributed by atoms with Crippen molar-refractivity contribution in [2.75, 3.05) is 19.3 Å². The zero-order chi connectivity index (χ0) is 23.1. The van der Waals surface area contributed by atoms with Gasteiger partial charge in [0.2, 0.25) is 0 Å². The number of sulfone groups is 1. The van der Waals surface area contributed by atoms with E-state index in [4.69, 9.17) is 4.74 Å². The molecule has 0 N–H and O–H groups in total. The average Bonchev–Trinajstić information content (AvgIpc) is 3.27. The van der Waals surface area contributed by atoms with Crippen molar-refractivity contribution in [3.63, 3.8) is 0 Å². The van der Waals surface area contributed by atoms with Crippen molar-refractivity contribution in [1.29, 1.82) is 0 Å². The van der Waals surface area contributed by atoms with Crippen molar-refractivity contribution in [2.24, 2.45) is 0 Å². The molecule has 0 aliphatic carbocycles. The number of pyridine rings is 1. The van der Waals surface area contributed by atoms with Gasteiger partial charge in [0.1, 0.15) is 12.4 Å². The molecule has 0 aliphatic heterocycles. The third-order valence-electron chi connectivity index (χ3n) is 5.04. The van der Waals surface area contributed by atoms with Crippen molar-refractivity contribution in [3.05, 3.63) is 70.4 Å². The number of carbonyl (C=O) groups excluding carboxylic acids is 1. The van der Waals surface area contributed by atoms with Crippen LogP contribution in [-0.2, 0) is 16.4 Å². The standard InChI is InChI=1S/C23H27N3O4S2/c1-4-26(23(27)18-6-5-12-24-14-18)13-11-17(2)22-25-19(16-31-22)15-30-20-7-9-21(10-8-20)32(3,28)29/h5-10,12,14,16-17H,4,11,13,15H2,1-3H3. The highest BCUT2D eigenvalue weighted by molar-refractivity contribution is 7.90. The normalized spacial score (nSPS) is 12.3. The molecular weight excluding hydrogens is 446 g/mol. The maximum atomic E-state index is 12.6. The highest BCUT2D eigenvalue weighted by atomic mass is 32.2. The third kappa shape index (κ3) is 6.37. The predicted octanol–water partition coefficient (Wildman–Crippen LogP) is 4.18. The van der Waals surface area contributed by atoms with E-state index in [1.165, 1.54) is 18.4 Å². The first kappa shape index (κ1) is 23.9. The molecule has 1 unspecified atom stereocenters. The molecule has 32 heavy (non-hydrogen) atoms. The zero-order valence-electron chi connectivity index (χ0n) is 18.4. The summed E-state index contributed by atoms with van der Waals surface area (Å²) in [5, 5.41) is 2.97. The van der Waals surface area contributed by atoms with Crippen molar-refractivity contribution in [3.8, 4) is 5.75 Å². The Bertz CT molecular complexity index is 1130. The van der Waals surface area contributed by atoms with Crippen LogP contribution in [0.15, 0.2) is 59.1 Å². The summed E-state index contributed by atoms with van der Waals surface area (Å²) in [5.41, 5.74) is 1.42. The summed E-state index contributed by atoms with van der Waals surface area (Å²) in [6.07, 6.45) is 5.23. The van der Waals surface area contributed by atoms with Crippen LogP contribution in [0.1, 0.15) is 47.2 Å². The first-order valence-electron chi connectivity index (χ1n) is 10.3. The molecule has 3 aromatic rings. The van der Waals surface area contributed by atoms with E-state index >= 15 is 0 Å². The van der Waals surface area contributed by atoms with Crippen LogP contribution in [-0.4, -0.2) is 48.5 Å². The van der Waals surface area contributed by atoms with E-state index in [0.29, 0.717) is 31.0 Å². The van der Waals surface area contributed by atoms with Gasteiger partial charge in [-0.1, -0.05) is 6.92 Å². The topological polar surface area (TPSA) is 89.5 Å². The summed E-state index contributed by atoms with van der Waals surface area (Å²) >= 11 is 1.58. The minimum absolute atomic E-state index is 0.0112. The molecule has 1 aromatic carbocycles. The number of carbonyl (C=O) groups is 1. The van der Waals surface area contributed by atoms with E-state index in [2.05, 4.69) is 16.9 Å². The second-order valence-electron chi connectivity index (χ2n) is 7.53. The van der Waals surface area contributed by atoms with E-state index in [1.807, 2.05) is 17.2 Å². The Labute approximate surface area is 193 Å². The highest BCUT2D eigenvalue weighted by Crippen LogP contribution is 2.25. The number of amides is 1. The molecule has 0 bridgehead atoms. The lowest BCUT2D eigenvalue weighted by atomic mass is 10.1. The molecule has 9 heteroatoms. The van der Waals surface area contributed by atoms with E-state index < -0.39 is 9.84 Å². The van der Waals surface area contributed by atoms with Crippen molar-refractivity contribution in [1.82, 2.24) is 14.9 Å². The molecule has 2 heterocycles. The van der Waals surface area contributed by atoms with Gasteiger partial charge in [0, 0.05) is 43.0 Å². The number of benzene rings is 1. The van der Waals surface area contributed by atoms with Gasteiger partial charge in [-0.25, -0.2) is 13.4 Å². The minimum atomic E-state index is -3.22. The number of hydrogen-bond acceptors (Lipinski definition) is 7. The van der Waals surface area contributed by atoms with E-state index in [9.17, 15) is 13.2 Å². The third-order valence-corrected chi connectivity index (χ3v) is 7.29. The summed E-state index contributed by atoms with van der Waals surface area (Å²) in [6.45, 7) is 5.66. The Morgan fingerprint density at radius 2 is 1.97 bits per heavy atom. The Morgan fingerprint density at radius 3 is 2.59 bits per heavy atom. The maximum Gasteiger partial charge on any atom is 0.255 e.